The van der Waals surface area contributed by atoms with Crippen molar-refractivity contribution in [1.82, 2.24) is 0 Å². The Morgan fingerprint density at radius 2 is 1.74 bits per heavy atom. The molecule has 0 radical (unpaired) electrons. The standard InChI is InChI=1S/C17H27ClO/c1-3-5-12-17(4-2,15-18)13-9-14-19-16-10-7-6-8-11-16/h6-8,10-11H,3-5,9,12-15H2,1-2H3. The zero-order valence-corrected chi connectivity index (χ0v) is 13.1. The molecule has 1 aromatic rings. The fourth-order valence-electron chi connectivity index (χ4n) is 2.41. The third kappa shape index (κ3) is 5.86. The number of hydrogen-bond acceptors (Lipinski definition) is 1. The Morgan fingerprint density at radius 3 is 2.32 bits per heavy atom. The molecule has 0 aliphatic carbocycles. The van der Waals surface area contributed by atoms with Crippen molar-refractivity contribution in [1.29, 1.82) is 0 Å². The van der Waals surface area contributed by atoms with E-state index < -0.39 is 0 Å². The van der Waals surface area contributed by atoms with Gasteiger partial charge in [0, 0.05) is 5.88 Å². The molecule has 0 heterocycles. The van der Waals surface area contributed by atoms with Crippen molar-refractivity contribution < 1.29 is 4.74 Å². The van der Waals surface area contributed by atoms with Crippen LogP contribution in [0, 0.1) is 5.41 Å². The molecule has 1 aromatic carbocycles. The summed E-state index contributed by atoms with van der Waals surface area (Å²) in [5, 5.41) is 0. The number of alkyl halides is 1. The Balaban J connectivity index is 2.32. The van der Waals surface area contributed by atoms with Crippen molar-refractivity contribution in [3.05, 3.63) is 30.3 Å². The van der Waals surface area contributed by atoms with Crippen LogP contribution >= 0.6 is 11.6 Å². The first-order valence-electron chi connectivity index (χ1n) is 7.50. The van der Waals surface area contributed by atoms with E-state index >= 15 is 0 Å². The van der Waals surface area contributed by atoms with Crippen molar-refractivity contribution >= 4 is 11.6 Å². The normalized spacial score (nSPS) is 14.1. The third-order valence-electron chi connectivity index (χ3n) is 3.96. The SMILES string of the molecule is CCCCC(CC)(CCl)CCCOc1ccccc1. The highest BCUT2D eigenvalue weighted by Crippen LogP contribution is 2.35. The Labute approximate surface area is 123 Å². The lowest BCUT2D eigenvalue weighted by Gasteiger charge is -2.30. The summed E-state index contributed by atoms with van der Waals surface area (Å²) in [7, 11) is 0. The number of ether oxygens (including phenoxy) is 1. The number of rotatable bonds is 10. The number of benzene rings is 1. The molecule has 0 N–H and O–H groups in total. The summed E-state index contributed by atoms with van der Waals surface area (Å²) in [6, 6.07) is 10.0. The molecule has 1 unspecified atom stereocenters. The summed E-state index contributed by atoms with van der Waals surface area (Å²) >= 11 is 6.22. The van der Waals surface area contributed by atoms with Gasteiger partial charge in [-0.3, -0.25) is 0 Å². The van der Waals surface area contributed by atoms with Crippen LogP contribution < -0.4 is 4.74 Å². The van der Waals surface area contributed by atoms with Crippen LogP contribution in [0.5, 0.6) is 5.75 Å². The lowest BCUT2D eigenvalue weighted by Crippen LogP contribution is -2.23. The lowest BCUT2D eigenvalue weighted by atomic mass is 9.78. The second-order valence-electron chi connectivity index (χ2n) is 5.36. The fraction of sp³-hybridized carbons (Fsp3) is 0.647. The van der Waals surface area contributed by atoms with Crippen LogP contribution in [0.25, 0.3) is 0 Å². The van der Waals surface area contributed by atoms with Crippen LogP contribution in [0.15, 0.2) is 30.3 Å². The van der Waals surface area contributed by atoms with E-state index in [1.165, 1.54) is 32.1 Å². The molecular formula is C17H27ClO. The topological polar surface area (TPSA) is 9.23 Å². The summed E-state index contributed by atoms with van der Waals surface area (Å²) in [4.78, 5) is 0. The molecular weight excluding hydrogens is 256 g/mol. The second-order valence-corrected chi connectivity index (χ2v) is 5.62. The van der Waals surface area contributed by atoms with Gasteiger partial charge in [-0.1, -0.05) is 44.9 Å². The van der Waals surface area contributed by atoms with Gasteiger partial charge in [-0.15, -0.1) is 11.6 Å². The smallest absolute Gasteiger partial charge is 0.119 e. The van der Waals surface area contributed by atoms with Gasteiger partial charge in [0.05, 0.1) is 6.61 Å². The second kappa shape index (κ2) is 9.25. The maximum Gasteiger partial charge on any atom is 0.119 e. The Bertz CT molecular complexity index is 319. The predicted molar refractivity (Wildman–Crippen MR) is 84.1 cm³/mol. The van der Waals surface area contributed by atoms with Gasteiger partial charge in [-0.2, -0.15) is 0 Å². The van der Waals surface area contributed by atoms with Gasteiger partial charge in [0.15, 0.2) is 0 Å². The van der Waals surface area contributed by atoms with E-state index in [1.54, 1.807) is 0 Å². The molecule has 0 spiro atoms. The van der Waals surface area contributed by atoms with E-state index in [9.17, 15) is 0 Å². The number of para-hydroxylation sites is 1. The summed E-state index contributed by atoms with van der Waals surface area (Å²) in [5.41, 5.74) is 0.317. The first-order chi connectivity index (χ1) is 9.26. The monoisotopic (exact) mass is 282 g/mol. The first-order valence-corrected chi connectivity index (χ1v) is 8.03. The van der Waals surface area contributed by atoms with Gasteiger partial charge in [0.2, 0.25) is 0 Å². The average molecular weight is 283 g/mol. The fourth-order valence-corrected chi connectivity index (χ4v) is 2.87. The molecule has 1 nitrogen and oxygen atoms in total. The molecule has 108 valence electrons. The molecule has 0 saturated carbocycles. The maximum absolute atomic E-state index is 6.22. The van der Waals surface area contributed by atoms with Gasteiger partial charge >= 0.3 is 0 Å². The van der Waals surface area contributed by atoms with Crippen LogP contribution in [-0.4, -0.2) is 12.5 Å². The molecule has 0 saturated heterocycles. The van der Waals surface area contributed by atoms with Crippen molar-refractivity contribution in [2.75, 3.05) is 12.5 Å². The number of unbranched alkanes of at least 4 members (excludes halogenated alkanes) is 1. The minimum Gasteiger partial charge on any atom is -0.494 e. The highest BCUT2D eigenvalue weighted by molar-refractivity contribution is 6.18. The molecule has 0 bridgehead atoms. The van der Waals surface area contributed by atoms with Gasteiger partial charge in [0.1, 0.15) is 5.75 Å². The van der Waals surface area contributed by atoms with E-state index in [0.29, 0.717) is 5.41 Å². The molecule has 0 amide bonds. The minimum atomic E-state index is 0.317. The average Bonchev–Trinajstić information content (AvgIpc) is 2.48. The van der Waals surface area contributed by atoms with Crippen molar-refractivity contribution in [2.24, 2.45) is 5.41 Å². The Hall–Kier alpha value is -0.690. The third-order valence-corrected chi connectivity index (χ3v) is 4.52. The van der Waals surface area contributed by atoms with E-state index in [0.717, 1.165) is 24.7 Å². The molecule has 0 aliphatic rings. The van der Waals surface area contributed by atoms with Crippen LogP contribution in [0.3, 0.4) is 0 Å². The van der Waals surface area contributed by atoms with E-state index in [2.05, 4.69) is 13.8 Å². The predicted octanol–water partition coefficient (Wildman–Crippen LogP) is 5.67. The van der Waals surface area contributed by atoms with Crippen LogP contribution in [0.1, 0.15) is 52.4 Å². The van der Waals surface area contributed by atoms with Crippen molar-refractivity contribution in [3.63, 3.8) is 0 Å². The van der Waals surface area contributed by atoms with Crippen molar-refractivity contribution in [3.8, 4) is 5.75 Å². The number of hydrogen-bond donors (Lipinski definition) is 0. The first kappa shape index (κ1) is 16.4. The molecule has 1 atom stereocenters. The van der Waals surface area contributed by atoms with Gasteiger partial charge in [-0.05, 0) is 43.2 Å². The summed E-state index contributed by atoms with van der Waals surface area (Å²) in [6.07, 6.45) is 7.19. The Kier molecular flexibility index (Phi) is 7.97. The molecule has 1 rings (SSSR count). The van der Waals surface area contributed by atoms with Gasteiger partial charge < -0.3 is 4.74 Å². The quantitative estimate of drug-likeness (QED) is 0.397. The van der Waals surface area contributed by atoms with E-state index in [1.807, 2.05) is 30.3 Å². The maximum atomic E-state index is 6.22. The highest BCUT2D eigenvalue weighted by atomic mass is 35.5. The minimum absolute atomic E-state index is 0.317. The number of halogens is 1. The molecule has 0 aromatic heterocycles. The van der Waals surface area contributed by atoms with Crippen LogP contribution in [0.4, 0.5) is 0 Å². The molecule has 2 heteroatoms. The largest absolute Gasteiger partial charge is 0.494 e. The zero-order chi connectivity index (χ0) is 14.0. The summed E-state index contributed by atoms with van der Waals surface area (Å²) in [5.74, 6) is 1.73. The molecule has 0 fully saturated rings. The summed E-state index contributed by atoms with van der Waals surface area (Å²) < 4.78 is 5.75. The van der Waals surface area contributed by atoms with Gasteiger partial charge in [-0.25, -0.2) is 0 Å². The van der Waals surface area contributed by atoms with E-state index in [-0.39, 0.29) is 0 Å². The van der Waals surface area contributed by atoms with Crippen LogP contribution in [-0.2, 0) is 0 Å². The van der Waals surface area contributed by atoms with Gasteiger partial charge in [0.25, 0.3) is 0 Å². The van der Waals surface area contributed by atoms with Crippen molar-refractivity contribution in [2.45, 2.75) is 52.4 Å². The van der Waals surface area contributed by atoms with Crippen LogP contribution in [0.2, 0.25) is 0 Å². The molecule has 0 aliphatic heterocycles. The zero-order valence-electron chi connectivity index (χ0n) is 12.3. The molecule has 19 heavy (non-hydrogen) atoms. The Morgan fingerprint density at radius 1 is 1.05 bits per heavy atom. The lowest BCUT2D eigenvalue weighted by molar-refractivity contribution is 0.219. The van der Waals surface area contributed by atoms with E-state index in [4.69, 9.17) is 16.3 Å². The highest BCUT2D eigenvalue weighted by Gasteiger charge is 2.25. The summed E-state index contributed by atoms with van der Waals surface area (Å²) in [6.45, 7) is 5.29.